The van der Waals surface area contributed by atoms with E-state index in [0.717, 1.165) is 22.7 Å². The molecule has 0 aliphatic carbocycles. The number of nitrogens with one attached hydrogen (secondary N) is 1. The van der Waals surface area contributed by atoms with Crippen LogP contribution in [0.25, 0.3) is 0 Å². The van der Waals surface area contributed by atoms with Crippen LogP contribution in [-0.2, 0) is 26.2 Å². The summed E-state index contributed by atoms with van der Waals surface area (Å²) in [7, 11) is -2.57. The first kappa shape index (κ1) is 30.0. The molecule has 0 bridgehead atoms. The summed E-state index contributed by atoms with van der Waals surface area (Å²) in [6.07, 6.45) is 1.72. The van der Waals surface area contributed by atoms with E-state index in [2.05, 4.69) is 5.32 Å². The van der Waals surface area contributed by atoms with Gasteiger partial charge in [-0.25, -0.2) is 8.42 Å². The van der Waals surface area contributed by atoms with Gasteiger partial charge < -0.3 is 15.0 Å². The second-order valence-electron chi connectivity index (χ2n) is 8.99. The molecule has 1 atom stereocenters. The molecule has 10 heteroatoms. The number of hydrogen-bond acceptors (Lipinski definition) is 5. The summed E-state index contributed by atoms with van der Waals surface area (Å²) < 4.78 is 33.7. The Morgan fingerprint density at radius 2 is 1.69 bits per heavy atom. The van der Waals surface area contributed by atoms with Crippen LogP contribution < -0.4 is 14.4 Å². The van der Waals surface area contributed by atoms with Crippen molar-refractivity contribution in [2.75, 3.05) is 24.5 Å². The summed E-state index contributed by atoms with van der Waals surface area (Å²) >= 11 is 6.19. The zero-order chi connectivity index (χ0) is 28.4. The highest BCUT2D eigenvalue weighted by Crippen LogP contribution is 2.27. The number of nitrogens with zero attached hydrogens (tertiary/aromatic N) is 2. The summed E-state index contributed by atoms with van der Waals surface area (Å²) in [4.78, 5) is 28.3. The average molecular weight is 572 g/mol. The van der Waals surface area contributed by atoms with E-state index in [9.17, 15) is 18.0 Å². The Hall–Kier alpha value is -3.56. The van der Waals surface area contributed by atoms with E-state index in [1.807, 2.05) is 6.92 Å². The molecule has 2 amide bonds. The summed E-state index contributed by atoms with van der Waals surface area (Å²) in [5.74, 6) is -0.197. The minimum Gasteiger partial charge on any atom is -0.497 e. The maximum atomic E-state index is 13.9. The van der Waals surface area contributed by atoms with E-state index in [-0.39, 0.29) is 23.0 Å². The van der Waals surface area contributed by atoms with Crippen molar-refractivity contribution in [3.63, 3.8) is 0 Å². The van der Waals surface area contributed by atoms with Gasteiger partial charge in [0.25, 0.3) is 10.0 Å². The Morgan fingerprint density at radius 3 is 2.31 bits per heavy atom. The Labute approximate surface area is 235 Å². The molecule has 208 valence electrons. The Morgan fingerprint density at radius 1 is 1.00 bits per heavy atom. The number of hydrogen-bond donors (Lipinski definition) is 1. The molecule has 1 unspecified atom stereocenters. The molecule has 3 aromatic carbocycles. The normalized spacial score (nSPS) is 11.9. The lowest BCUT2D eigenvalue weighted by atomic mass is 10.1. The highest BCUT2D eigenvalue weighted by atomic mass is 35.5. The van der Waals surface area contributed by atoms with Crippen molar-refractivity contribution in [3.05, 3.63) is 89.4 Å². The molecule has 39 heavy (non-hydrogen) atoms. The van der Waals surface area contributed by atoms with Crippen molar-refractivity contribution in [1.82, 2.24) is 10.2 Å². The zero-order valence-corrected chi connectivity index (χ0v) is 23.9. The lowest BCUT2D eigenvalue weighted by molar-refractivity contribution is -0.139. The molecule has 0 radical (unpaired) electrons. The first-order chi connectivity index (χ1) is 18.7. The molecule has 0 heterocycles. The van der Waals surface area contributed by atoms with Gasteiger partial charge in [-0.15, -0.1) is 0 Å². The molecular weight excluding hydrogens is 538 g/mol. The minimum absolute atomic E-state index is 0.0323. The summed E-state index contributed by atoms with van der Waals surface area (Å²) in [5, 5.41) is 3.20. The molecule has 3 aromatic rings. The summed E-state index contributed by atoms with van der Waals surface area (Å²) in [6, 6.07) is 20.5. The maximum absolute atomic E-state index is 13.9. The minimum atomic E-state index is -4.13. The van der Waals surface area contributed by atoms with E-state index in [4.69, 9.17) is 16.3 Å². The van der Waals surface area contributed by atoms with E-state index in [1.54, 1.807) is 74.7 Å². The fourth-order valence-electron chi connectivity index (χ4n) is 3.93. The van der Waals surface area contributed by atoms with Gasteiger partial charge in [0.05, 0.1) is 17.7 Å². The van der Waals surface area contributed by atoms with Gasteiger partial charge in [-0.05, 0) is 61.4 Å². The smallest absolute Gasteiger partial charge is 0.264 e. The van der Waals surface area contributed by atoms with Crippen molar-refractivity contribution < 1.29 is 22.7 Å². The average Bonchev–Trinajstić information content (AvgIpc) is 2.94. The molecule has 0 aliphatic rings. The van der Waals surface area contributed by atoms with E-state index < -0.39 is 28.5 Å². The zero-order valence-electron chi connectivity index (χ0n) is 22.3. The maximum Gasteiger partial charge on any atom is 0.264 e. The van der Waals surface area contributed by atoms with Gasteiger partial charge in [-0.2, -0.15) is 0 Å². The fraction of sp³-hybridized carbons (Fsp3) is 0.310. The highest BCUT2D eigenvalue weighted by Gasteiger charge is 2.32. The lowest BCUT2D eigenvalue weighted by Crippen LogP contribution is -2.51. The van der Waals surface area contributed by atoms with Crippen molar-refractivity contribution in [2.45, 2.75) is 44.2 Å². The molecule has 1 N–H and O–H groups in total. The predicted octanol–water partition coefficient (Wildman–Crippen LogP) is 4.88. The Bertz CT molecular complexity index is 1350. The Balaban J connectivity index is 1.98. The second kappa shape index (κ2) is 14.0. The van der Waals surface area contributed by atoms with Gasteiger partial charge >= 0.3 is 0 Å². The molecule has 0 saturated heterocycles. The number of sulfonamides is 1. The van der Waals surface area contributed by atoms with Crippen LogP contribution in [0.2, 0.25) is 5.02 Å². The number of benzene rings is 3. The van der Waals surface area contributed by atoms with Gasteiger partial charge in [-0.3, -0.25) is 13.9 Å². The number of rotatable bonds is 13. The number of anilines is 1. The molecule has 0 fully saturated rings. The fourth-order valence-corrected chi connectivity index (χ4v) is 5.54. The van der Waals surface area contributed by atoms with Crippen molar-refractivity contribution in [3.8, 4) is 5.75 Å². The molecule has 0 aromatic heterocycles. The van der Waals surface area contributed by atoms with Crippen molar-refractivity contribution >= 4 is 39.1 Å². The van der Waals surface area contributed by atoms with Gasteiger partial charge in [0.1, 0.15) is 18.3 Å². The molecule has 8 nitrogen and oxygen atoms in total. The number of halogens is 1. The number of methoxy groups -OCH3 is 1. The van der Waals surface area contributed by atoms with Crippen LogP contribution in [0.15, 0.2) is 83.8 Å². The molecule has 0 saturated carbocycles. The van der Waals surface area contributed by atoms with E-state index in [1.165, 1.54) is 23.1 Å². The van der Waals surface area contributed by atoms with Gasteiger partial charge in [0.2, 0.25) is 11.8 Å². The van der Waals surface area contributed by atoms with Crippen LogP contribution in [0, 0.1) is 0 Å². The molecular formula is C29H34ClN3O5S. The third kappa shape index (κ3) is 7.97. The van der Waals surface area contributed by atoms with Gasteiger partial charge in [0.15, 0.2) is 0 Å². The lowest BCUT2D eigenvalue weighted by Gasteiger charge is -2.32. The second-order valence-corrected chi connectivity index (χ2v) is 11.3. The topological polar surface area (TPSA) is 96.0 Å². The molecule has 0 aliphatic heterocycles. The van der Waals surface area contributed by atoms with Gasteiger partial charge in [0, 0.05) is 18.1 Å². The highest BCUT2D eigenvalue weighted by molar-refractivity contribution is 7.92. The van der Waals surface area contributed by atoms with Crippen LogP contribution in [0.3, 0.4) is 0 Å². The van der Waals surface area contributed by atoms with E-state index in [0.29, 0.717) is 17.3 Å². The van der Waals surface area contributed by atoms with E-state index >= 15 is 0 Å². The monoisotopic (exact) mass is 571 g/mol. The van der Waals surface area contributed by atoms with Crippen LogP contribution >= 0.6 is 11.6 Å². The van der Waals surface area contributed by atoms with Crippen LogP contribution in [0.4, 0.5) is 5.69 Å². The Kier molecular flexibility index (Phi) is 10.8. The third-order valence-corrected chi connectivity index (χ3v) is 8.24. The van der Waals surface area contributed by atoms with Crippen molar-refractivity contribution in [2.24, 2.45) is 0 Å². The predicted molar refractivity (Wildman–Crippen MR) is 153 cm³/mol. The number of unbranched alkanes of at least 4 members (excludes halogenated alkanes) is 1. The summed E-state index contributed by atoms with van der Waals surface area (Å²) in [6.45, 7) is 3.71. The van der Waals surface area contributed by atoms with Crippen LogP contribution in [0.1, 0.15) is 32.3 Å². The third-order valence-electron chi connectivity index (χ3n) is 6.22. The van der Waals surface area contributed by atoms with Crippen molar-refractivity contribution in [1.29, 1.82) is 0 Å². The van der Waals surface area contributed by atoms with Crippen LogP contribution in [-0.4, -0.2) is 51.4 Å². The quantitative estimate of drug-likeness (QED) is 0.295. The standard InChI is InChI=1S/C29H34ClN3O5S/c1-4-5-18-31-29(35)22(2)32(20-23-14-16-26(38-3)17-15-23)28(34)21-33(25-11-9-10-24(30)19-25)39(36,37)27-12-7-6-8-13-27/h6-17,19,22H,4-5,18,20-21H2,1-3H3,(H,31,35). The molecule has 3 rings (SSSR count). The van der Waals surface area contributed by atoms with Crippen LogP contribution in [0.5, 0.6) is 5.75 Å². The molecule has 0 spiro atoms. The summed E-state index contributed by atoms with van der Waals surface area (Å²) in [5.41, 5.74) is 1.00. The SMILES string of the molecule is CCCCNC(=O)C(C)N(Cc1ccc(OC)cc1)C(=O)CN(c1cccc(Cl)c1)S(=O)(=O)c1ccccc1. The first-order valence-electron chi connectivity index (χ1n) is 12.7. The first-order valence-corrected chi connectivity index (χ1v) is 14.5. The number of ether oxygens (including phenoxy) is 1. The largest absolute Gasteiger partial charge is 0.497 e. The number of carbonyl (C=O) groups is 2. The number of carbonyl (C=O) groups excluding carboxylic acids is 2. The van der Waals surface area contributed by atoms with Gasteiger partial charge in [-0.1, -0.05) is 61.3 Å². The number of amides is 2.